The smallest absolute Gasteiger partial charge is 0.0345 e. The van der Waals surface area contributed by atoms with Crippen LogP contribution in [-0.2, 0) is 0 Å². The van der Waals surface area contributed by atoms with Crippen LogP contribution >= 0.6 is 11.8 Å². The third-order valence-corrected chi connectivity index (χ3v) is 4.08. The van der Waals surface area contributed by atoms with Gasteiger partial charge in [-0.05, 0) is 43.7 Å². The zero-order chi connectivity index (χ0) is 12.1. The first kappa shape index (κ1) is 13.4. The fourth-order valence-electron chi connectivity index (χ4n) is 1.45. The summed E-state index contributed by atoms with van der Waals surface area (Å²) in [6.45, 7) is 8.96. The van der Waals surface area contributed by atoms with Crippen molar-refractivity contribution in [1.29, 1.82) is 0 Å². The molecule has 2 unspecified atom stereocenters. The van der Waals surface area contributed by atoms with Gasteiger partial charge in [0.1, 0.15) is 0 Å². The van der Waals surface area contributed by atoms with Gasteiger partial charge >= 0.3 is 0 Å². The van der Waals surface area contributed by atoms with Gasteiger partial charge in [-0.15, -0.1) is 0 Å². The van der Waals surface area contributed by atoms with Gasteiger partial charge in [0.15, 0.2) is 0 Å². The molecule has 0 heterocycles. The van der Waals surface area contributed by atoms with E-state index in [1.54, 1.807) is 0 Å². The Morgan fingerprint density at radius 1 is 1.12 bits per heavy atom. The highest BCUT2D eigenvalue weighted by Crippen LogP contribution is 2.27. The predicted octanol–water partition coefficient (Wildman–Crippen LogP) is 4.57. The molecule has 0 radical (unpaired) electrons. The number of hydrogen-bond acceptors (Lipinski definition) is 2. The molecule has 0 aliphatic heterocycles. The lowest BCUT2D eigenvalue weighted by Crippen LogP contribution is -2.21. The molecule has 1 N–H and O–H groups in total. The molecule has 0 aromatic heterocycles. The Kier molecular flexibility index (Phi) is 5.20. The van der Waals surface area contributed by atoms with E-state index < -0.39 is 0 Å². The number of anilines is 1. The Bertz CT molecular complexity index is 322. The highest BCUT2D eigenvalue weighted by atomic mass is 32.2. The maximum Gasteiger partial charge on any atom is 0.0345 e. The molecule has 0 spiro atoms. The summed E-state index contributed by atoms with van der Waals surface area (Å²) in [7, 11) is 0. The van der Waals surface area contributed by atoms with Crippen molar-refractivity contribution in [3.05, 3.63) is 29.8 Å². The maximum absolute atomic E-state index is 3.55. The summed E-state index contributed by atoms with van der Waals surface area (Å²) in [5, 5.41) is 4.12. The molecule has 0 amide bonds. The zero-order valence-corrected chi connectivity index (χ0v) is 11.8. The van der Waals surface area contributed by atoms with Crippen LogP contribution in [0.4, 0.5) is 5.69 Å². The molecule has 0 saturated heterocycles. The van der Waals surface area contributed by atoms with Gasteiger partial charge in [-0.3, -0.25) is 0 Å². The molecule has 1 nitrogen and oxygen atoms in total. The van der Waals surface area contributed by atoms with Gasteiger partial charge in [0, 0.05) is 17.0 Å². The van der Waals surface area contributed by atoms with E-state index >= 15 is 0 Å². The lowest BCUT2D eigenvalue weighted by molar-refractivity contribution is 0.560. The van der Waals surface area contributed by atoms with Crippen molar-refractivity contribution in [3.63, 3.8) is 0 Å². The van der Waals surface area contributed by atoms with Crippen LogP contribution in [0.1, 0.15) is 38.5 Å². The van der Waals surface area contributed by atoms with Gasteiger partial charge in [-0.25, -0.2) is 0 Å². The molecule has 1 rings (SSSR count). The van der Waals surface area contributed by atoms with Gasteiger partial charge in [-0.2, -0.15) is 11.8 Å². The first-order chi connectivity index (χ1) is 7.54. The van der Waals surface area contributed by atoms with Crippen LogP contribution in [0.15, 0.2) is 24.3 Å². The van der Waals surface area contributed by atoms with Crippen LogP contribution in [0.2, 0.25) is 0 Å². The largest absolute Gasteiger partial charge is 0.382 e. The highest BCUT2D eigenvalue weighted by Gasteiger charge is 2.08. The minimum atomic E-state index is 0.514. The number of benzene rings is 1. The third kappa shape index (κ3) is 3.75. The van der Waals surface area contributed by atoms with E-state index in [1.165, 1.54) is 11.3 Å². The van der Waals surface area contributed by atoms with E-state index in [1.807, 2.05) is 11.8 Å². The zero-order valence-electron chi connectivity index (χ0n) is 10.9. The number of hydrogen-bond donors (Lipinski definition) is 1. The third-order valence-electron chi connectivity index (χ3n) is 3.10. The number of thioether (sulfide) groups is 1. The quantitative estimate of drug-likeness (QED) is 0.805. The molecule has 90 valence electrons. The SMILES string of the molecule is CSC(C)c1cccc(NC(C)C(C)C)c1. The summed E-state index contributed by atoms with van der Waals surface area (Å²) in [4.78, 5) is 0. The van der Waals surface area contributed by atoms with Crippen molar-refractivity contribution in [2.24, 2.45) is 5.92 Å². The van der Waals surface area contributed by atoms with E-state index in [4.69, 9.17) is 0 Å². The number of rotatable bonds is 5. The minimum absolute atomic E-state index is 0.514. The van der Waals surface area contributed by atoms with Crippen LogP contribution in [0, 0.1) is 5.92 Å². The molecule has 2 heteroatoms. The van der Waals surface area contributed by atoms with Gasteiger partial charge < -0.3 is 5.32 Å². The Balaban J connectivity index is 2.74. The van der Waals surface area contributed by atoms with Crippen molar-refractivity contribution in [1.82, 2.24) is 0 Å². The van der Waals surface area contributed by atoms with E-state index in [2.05, 4.69) is 63.5 Å². The van der Waals surface area contributed by atoms with E-state index in [0.717, 1.165) is 0 Å². The van der Waals surface area contributed by atoms with E-state index in [0.29, 0.717) is 17.2 Å². The average molecular weight is 237 g/mol. The normalized spacial score (nSPS) is 14.9. The molecule has 1 aromatic carbocycles. The summed E-state index contributed by atoms with van der Waals surface area (Å²) >= 11 is 1.88. The molecule has 0 aliphatic carbocycles. The average Bonchev–Trinajstić information content (AvgIpc) is 2.28. The van der Waals surface area contributed by atoms with Crippen molar-refractivity contribution in [2.45, 2.75) is 39.0 Å². The Hall–Kier alpha value is -0.630. The van der Waals surface area contributed by atoms with Crippen LogP contribution in [0.3, 0.4) is 0 Å². The van der Waals surface area contributed by atoms with Crippen LogP contribution < -0.4 is 5.32 Å². The summed E-state index contributed by atoms with van der Waals surface area (Å²) in [6.07, 6.45) is 2.15. The second-order valence-corrected chi connectivity index (χ2v) is 5.86. The topological polar surface area (TPSA) is 12.0 Å². The summed E-state index contributed by atoms with van der Waals surface area (Å²) < 4.78 is 0. The Morgan fingerprint density at radius 2 is 1.81 bits per heavy atom. The Morgan fingerprint density at radius 3 is 2.38 bits per heavy atom. The van der Waals surface area contributed by atoms with E-state index in [-0.39, 0.29) is 0 Å². The lowest BCUT2D eigenvalue weighted by atomic mass is 10.1. The second-order valence-electron chi connectivity index (χ2n) is 4.68. The molecule has 16 heavy (non-hydrogen) atoms. The first-order valence-corrected chi connectivity index (χ1v) is 7.22. The number of nitrogens with one attached hydrogen (secondary N) is 1. The fourth-order valence-corrected chi connectivity index (χ4v) is 1.87. The molecule has 0 aliphatic rings. The second kappa shape index (κ2) is 6.19. The molecule has 1 aromatic rings. The van der Waals surface area contributed by atoms with Crippen molar-refractivity contribution in [2.75, 3.05) is 11.6 Å². The molecule has 2 atom stereocenters. The summed E-state index contributed by atoms with van der Waals surface area (Å²) in [6, 6.07) is 9.26. The molecular weight excluding hydrogens is 214 g/mol. The van der Waals surface area contributed by atoms with E-state index in [9.17, 15) is 0 Å². The first-order valence-electron chi connectivity index (χ1n) is 5.94. The van der Waals surface area contributed by atoms with Gasteiger partial charge in [0.2, 0.25) is 0 Å². The van der Waals surface area contributed by atoms with Crippen molar-refractivity contribution in [3.8, 4) is 0 Å². The van der Waals surface area contributed by atoms with Crippen LogP contribution in [0.5, 0.6) is 0 Å². The van der Waals surface area contributed by atoms with Crippen molar-refractivity contribution < 1.29 is 0 Å². The molecular formula is C14H23NS. The fraction of sp³-hybridized carbons (Fsp3) is 0.571. The van der Waals surface area contributed by atoms with Gasteiger partial charge in [-0.1, -0.05) is 26.0 Å². The summed E-state index contributed by atoms with van der Waals surface area (Å²) in [5.74, 6) is 0.654. The highest BCUT2D eigenvalue weighted by molar-refractivity contribution is 7.98. The van der Waals surface area contributed by atoms with Gasteiger partial charge in [0.25, 0.3) is 0 Å². The monoisotopic (exact) mass is 237 g/mol. The predicted molar refractivity (Wildman–Crippen MR) is 76.3 cm³/mol. The lowest BCUT2D eigenvalue weighted by Gasteiger charge is -2.20. The van der Waals surface area contributed by atoms with Gasteiger partial charge in [0.05, 0.1) is 0 Å². The van der Waals surface area contributed by atoms with Crippen molar-refractivity contribution >= 4 is 17.4 Å². The van der Waals surface area contributed by atoms with Crippen LogP contribution in [0.25, 0.3) is 0 Å². The minimum Gasteiger partial charge on any atom is -0.382 e. The standard InChI is InChI=1S/C14H23NS/c1-10(2)11(3)15-14-8-6-7-13(9-14)12(4)16-5/h6-12,15H,1-5H3. The molecule has 0 saturated carbocycles. The van der Waals surface area contributed by atoms with Crippen LogP contribution in [-0.4, -0.2) is 12.3 Å². The summed E-state index contributed by atoms with van der Waals surface area (Å²) in [5.41, 5.74) is 2.63. The maximum atomic E-state index is 3.55. The Labute approximate surface area is 104 Å². The molecule has 0 fully saturated rings. The molecule has 0 bridgehead atoms.